The summed E-state index contributed by atoms with van der Waals surface area (Å²) in [6.45, 7) is 6.23. The third kappa shape index (κ3) is 7.13. The van der Waals surface area contributed by atoms with E-state index >= 15 is 0 Å². The highest BCUT2D eigenvalue weighted by Crippen LogP contribution is 2.29. The fourth-order valence-corrected chi connectivity index (χ4v) is 4.55. The molecule has 0 spiro atoms. The predicted molar refractivity (Wildman–Crippen MR) is 145 cm³/mol. The first-order valence-electron chi connectivity index (χ1n) is 12.7. The zero-order valence-corrected chi connectivity index (χ0v) is 21.2. The Morgan fingerprint density at radius 1 is 1.11 bits per heavy atom. The Hall–Kier alpha value is -3.80. The number of carbonyl (C=O) groups is 1. The molecule has 37 heavy (non-hydrogen) atoms. The molecule has 192 valence electrons. The van der Waals surface area contributed by atoms with Gasteiger partial charge >= 0.3 is 0 Å². The minimum atomic E-state index is -0.265. The van der Waals surface area contributed by atoms with Crippen molar-refractivity contribution in [3.05, 3.63) is 77.6 Å². The van der Waals surface area contributed by atoms with Crippen LogP contribution in [0, 0.1) is 17.1 Å². The highest BCUT2D eigenvalue weighted by molar-refractivity contribution is 5.83. The molecule has 2 heterocycles. The van der Waals surface area contributed by atoms with Gasteiger partial charge in [-0.05, 0) is 62.3 Å². The van der Waals surface area contributed by atoms with Crippen molar-refractivity contribution in [2.24, 2.45) is 0 Å². The van der Waals surface area contributed by atoms with Gasteiger partial charge in [-0.2, -0.15) is 5.26 Å². The number of benzene rings is 2. The Labute approximate surface area is 218 Å². The smallest absolute Gasteiger partial charge is 0.214 e. The average Bonchev–Trinajstić information content (AvgIpc) is 2.92. The van der Waals surface area contributed by atoms with Crippen LogP contribution < -0.4 is 10.2 Å². The molecular formula is C29H33FN6O. The fraction of sp³-hybridized carbons (Fsp3) is 0.345. The molecule has 0 unspecified atom stereocenters. The van der Waals surface area contributed by atoms with Crippen LogP contribution in [0.3, 0.4) is 0 Å². The number of nitrogens with one attached hydrogen (secondary N) is 1. The summed E-state index contributed by atoms with van der Waals surface area (Å²) in [6.07, 6.45) is 2.30. The molecule has 7 nitrogen and oxygen atoms in total. The molecule has 0 bridgehead atoms. The summed E-state index contributed by atoms with van der Waals surface area (Å²) in [5.41, 5.74) is 3.48. The van der Waals surface area contributed by atoms with Gasteiger partial charge in [0.05, 0.1) is 23.0 Å². The maximum Gasteiger partial charge on any atom is 0.214 e. The van der Waals surface area contributed by atoms with Crippen molar-refractivity contribution in [2.45, 2.75) is 12.8 Å². The third-order valence-electron chi connectivity index (χ3n) is 6.70. The molecule has 2 aromatic carbocycles. The number of aromatic nitrogens is 1. The topological polar surface area (TPSA) is 75.5 Å². The largest absolute Gasteiger partial charge is 0.368 e. The van der Waals surface area contributed by atoms with Gasteiger partial charge in [-0.15, -0.1) is 0 Å². The van der Waals surface area contributed by atoms with E-state index in [1.165, 1.54) is 12.1 Å². The van der Waals surface area contributed by atoms with Crippen LogP contribution in [0.15, 0.2) is 60.7 Å². The molecule has 1 aliphatic rings. The molecule has 4 rings (SSSR count). The molecule has 1 aromatic heterocycles. The lowest BCUT2D eigenvalue weighted by Gasteiger charge is -2.32. The van der Waals surface area contributed by atoms with Crippen molar-refractivity contribution in [3.63, 3.8) is 0 Å². The van der Waals surface area contributed by atoms with Crippen LogP contribution in [0.2, 0.25) is 0 Å². The molecule has 0 radical (unpaired) electrons. The van der Waals surface area contributed by atoms with Crippen LogP contribution in [0.25, 0.3) is 11.3 Å². The molecule has 0 saturated carbocycles. The van der Waals surface area contributed by atoms with Crippen LogP contribution in [0.5, 0.6) is 0 Å². The van der Waals surface area contributed by atoms with Crippen molar-refractivity contribution in [1.29, 1.82) is 5.26 Å². The van der Waals surface area contributed by atoms with Gasteiger partial charge in [-0.3, -0.25) is 4.79 Å². The first-order valence-corrected chi connectivity index (χ1v) is 12.7. The van der Waals surface area contributed by atoms with Gasteiger partial charge in [-0.25, -0.2) is 9.37 Å². The molecule has 1 saturated heterocycles. The van der Waals surface area contributed by atoms with Crippen molar-refractivity contribution >= 4 is 17.9 Å². The first kappa shape index (κ1) is 26.3. The lowest BCUT2D eigenvalue weighted by molar-refractivity contribution is -0.107. The number of piperazine rings is 1. The Bertz CT molecular complexity index is 1240. The second-order valence-electron chi connectivity index (χ2n) is 9.33. The highest BCUT2D eigenvalue weighted by Gasteiger charge is 2.17. The number of carbonyl (C=O) groups excluding carboxylic acids is 1. The van der Waals surface area contributed by atoms with E-state index in [1.807, 2.05) is 36.4 Å². The van der Waals surface area contributed by atoms with Crippen LogP contribution in [0.1, 0.15) is 17.5 Å². The number of hydrogen-bond donors (Lipinski definition) is 1. The van der Waals surface area contributed by atoms with Crippen molar-refractivity contribution in [2.75, 3.05) is 63.1 Å². The van der Waals surface area contributed by atoms with E-state index < -0.39 is 0 Å². The number of anilines is 2. The number of halogens is 1. The molecule has 0 atom stereocenters. The summed E-state index contributed by atoms with van der Waals surface area (Å²) < 4.78 is 13.6. The number of nitrogens with zero attached hydrogens (tertiary/aromatic N) is 5. The quantitative estimate of drug-likeness (QED) is 0.401. The van der Waals surface area contributed by atoms with E-state index in [1.54, 1.807) is 17.0 Å². The second kappa shape index (κ2) is 12.9. The Morgan fingerprint density at radius 3 is 2.68 bits per heavy atom. The van der Waals surface area contributed by atoms with Crippen molar-refractivity contribution < 1.29 is 9.18 Å². The molecule has 1 N–H and O–H groups in total. The van der Waals surface area contributed by atoms with Gasteiger partial charge in [0.2, 0.25) is 6.41 Å². The Kier molecular flexibility index (Phi) is 9.19. The van der Waals surface area contributed by atoms with Gasteiger partial charge < -0.3 is 20.0 Å². The van der Waals surface area contributed by atoms with E-state index in [-0.39, 0.29) is 5.82 Å². The molecule has 3 aromatic rings. The second-order valence-corrected chi connectivity index (χ2v) is 9.33. The van der Waals surface area contributed by atoms with E-state index in [0.29, 0.717) is 42.3 Å². The summed E-state index contributed by atoms with van der Waals surface area (Å²) in [6, 6.07) is 19.8. The Morgan fingerprint density at radius 2 is 1.92 bits per heavy atom. The van der Waals surface area contributed by atoms with Gasteiger partial charge in [0.1, 0.15) is 5.82 Å². The minimum Gasteiger partial charge on any atom is -0.368 e. The van der Waals surface area contributed by atoms with Crippen molar-refractivity contribution in [1.82, 2.24) is 14.8 Å². The number of hydrogen-bond acceptors (Lipinski definition) is 6. The zero-order valence-electron chi connectivity index (χ0n) is 21.2. The maximum absolute atomic E-state index is 13.6. The molecule has 1 fully saturated rings. The molecule has 8 heteroatoms. The van der Waals surface area contributed by atoms with E-state index in [2.05, 4.69) is 28.2 Å². The lowest BCUT2D eigenvalue weighted by Crippen LogP contribution is -2.45. The molecule has 1 amide bonds. The standard InChI is InChI=1S/C29H33FN6O/c1-34-16-18-35(19-17-34)14-5-15-36(22-37)28-11-10-27(26-9-3-2-7-24(26)21-31)33-29(28)32-13-12-23-6-4-8-25(30)20-23/h2-4,6-11,20,22H,5,12-19H2,1H3,(H,32,33). The third-order valence-corrected chi connectivity index (χ3v) is 6.70. The van der Waals surface area contributed by atoms with Crippen LogP contribution in [0.4, 0.5) is 15.9 Å². The number of amides is 1. The van der Waals surface area contributed by atoms with Crippen LogP contribution >= 0.6 is 0 Å². The normalized spacial score (nSPS) is 14.2. The highest BCUT2D eigenvalue weighted by atomic mass is 19.1. The molecular weight excluding hydrogens is 467 g/mol. The predicted octanol–water partition coefficient (Wildman–Crippen LogP) is 4.01. The fourth-order valence-electron chi connectivity index (χ4n) is 4.55. The number of rotatable bonds is 11. The molecule has 1 aliphatic heterocycles. The summed E-state index contributed by atoms with van der Waals surface area (Å²) in [5.74, 6) is 0.298. The zero-order chi connectivity index (χ0) is 26.0. The Balaban J connectivity index is 1.52. The molecule has 0 aliphatic carbocycles. The summed E-state index contributed by atoms with van der Waals surface area (Å²) in [5, 5.41) is 12.9. The van der Waals surface area contributed by atoms with E-state index in [9.17, 15) is 14.4 Å². The van der Waals surface area contributed by atoms with Gasteiger partial charge in [0, 0.05) is 44.8 Å². The summed E-state index contributed by atoms with van der Waals surface area (Å²) >= 11 is 0. The van der Waals surface area contributed by atoms with E-state index in [4.69, 9.17) is 4.98 Å². The van der Waals surface area contributed by atoms with Crippen molar-refractivity contribution in [3.8, 4) is 17.3 Å². The maximum atomic E-state index is 13.6. The van der Waals surface area contributed by atoms with Crippen LogP contribution in [-0.4, -0.2) is 74.1 Å². The lowest BCUT2D eigenvalue weighted by atomic mass is 10.0. The van der Waals surface area contributed by atoms with Gasteiger partial charge in [0.15, 0.2) is 5.82 Å². The summed E-state index contributed by atoms with van der Waals surface area (Å²) in [7, 11) is 2.14. The summed E-state index contributed by atoms with van der Waals surface area (Å²) in [4.78, 5) is 23.4. The number of likely N-dealkylation sites (N-methyl/N-ethyl adjacent to an activating group) is 1. The number of nitriles is 1. The van der Waals surface area contributed by atoms with Gasteiger partial charge in [-0.1, -0.05) is 30.3 Å². The SMILES string of the molecule is CN1CCN(CCCN(C=O)c2ccc(-c3ccccc3C#N)nc2NCCc2cccc(F)c2)CC1. The average molecular weight is 501 g/mol. The first-order chi connectivity index (χ1) is 18.1. The van der Waals surface area contributed by atoms with E-state index in [0.717, 1.165) is 56.7 Å². The van der Waals surface area contributed by atoms with Crippen LogP contribution in [-0.2, 0) is 11.2 Å². The monoisotopic (exact) mass is 500 g/mol. The minimum absolute atomic E-state index is 0.265. The van der Waals surface area contributed by atoms with Gasteiger partial charge in [0.25, 0.3) is 0 Å². The number of pyridine rings is 1.